The molecule has 0 aromatic heterocycles. The fraction of sp³-hybridized carbons (Fsp3) is 0.889. The maximum atomic E-state index is 11.6. The summed E-state index contributed by atoms with van der Waals surface area (Å²) in [5.74, 6) is 1.97. The van der Waals surface area contributed by atoms with Crippen LogP contribution in [0.2, 0.25) is 0 Å². The smallest absolute Gasteiger partial charge is 0.238 e. The van der Waals surface area contributed by atoms with Gasteiger partial charge in [-0.05, 0) is 19.4 Å². The van der Waals surface area contributed by atoms with Crippen LogP contribution in [-0.2, 0) is 4.79 Å². The Morgan fingerprint density at radius 1 is 1.47 bits per heavy atom. The highest BCUT2D eigenvalue weighted by molar-refractivity contribution is 7.99. The van der Waals surface area contributed by atoms with E-state index in [1.165, 1.54) is 12.8 Å². The quantitative estimate of drug-likeness (QED) is 0.658. The van der Waals surface area contributed by atoms with Crippen LogP contribution < -0.4 is 16.0 Å². The summed E-state index contributed by atoms with van der Waals surface area (Å²) in [4.78, 5) is 11.6. The zero-order valence-electron chi connectivity index (χ0n) is 8.62. The molecule has 3 N–H and O–H groups in total. The molecule has 1 amide bonds. The van der Waals surface area contributed by atoms with E-state index in [0.717, 1.165) is 24.7 Å². The van der Waals surface area contributed by atoms with Crippen molar-refractivity contribution >= 4 is 30.1 Å². The molecule has 6 heteroatoms. The number of halogens is 1. The van der Waals surface area contributed by atoms with Gasteiger partial charge in [0.1, 0.15) is 0 Å². The molecule has 0 radical (unpaired) electrons. The van der Waals surface area contributed by atoms with E-state index >= 15 is 0 Å². The Morgan fingerprint density at radius 2 is 2.33 bits per heavy atom. The third-order valence-corrected chi connectivity index (χ3v) is 3.66. The minimum absolute atomic E-state index is 0. The van der Waals surface area contributed by atoms with Gasteiger partial charge in [0.15, 0.2) is 0 Å². The minimum Gasteiger partial charge on any atom is -0.353 e. The van der Waals surface area contributed by atoms with Gasteiger partial charge >= 0.3 is 0 Å². The average Bonchev–Trinajstić information content (AvgIpc) is 2.87. The summed E-state index contributed by atoms with van der Waals surface area (Å²) in [5.41, 5.74) is 0. The molecule has 2 fully saturated rings. The maximum absolute atomic E-state index is 11.6. The minimum atomic E-state index is 0. The summed E-state index contributed by atoms with van der Waals surface area (Å²) in [6.45, 7) is 1.87. The Kier molecular flexibility index (Phi) is 5.74. The molecule has 0 aromatic carbocycles. The molecule has 2 rings (SSSR count). The first-order chi connectivity index (χ1) is 6.86. The summed E-state index contributed by atoms with van der Waals surface area (Å²) in [5, 5.41) is 9.51. The lowest BCUT2D eigenvalue weighted by atomic mass is 10.2. The van der Waals surface area contributed by atoms with Crippen LogP contribution in [0.15, 0.2) is 0 Å². The second kappa shape index (κ2) is 6.58. The van der Waals surface area contributed by atoms with Gasteiger partial charge in [-0.3, -0.25) is 10.1 Å². The first kappa shape index (κ1) is 13.1. The Labute approximate surface area is 101 Å². The highest BCUT2D eigenvalue weighted by atomic mass is 35.5. The average molecular weight is 252 g/mol. The molecule has 0 aliphatic carbocycles. The van der Waals surface area contributed by atoms with Crippen molar-refractivity contribution in [1.29, 1.82) is 0 Å². The van der Waals surface area contributed by atoms with E-state index in [1.54, 1.807) is 11.8 Å². The number of thioether (sulfide) groups is 1. The van der Waals surface area contributed by atoms with Gasteiger partial charge in [-0.15, -0.1) is 24.2 Å². The van der Waals surface area contributed by atoms with Gasteiger partial charge < -0.3 is 10.6 Å². The number of nitrogens with one attached hydrogen (secondary N) is 3. The van der Waals surface area contributed by atoms with E-state index < -0.39 is 0 Å². The van der Waals surface area contributed by atoms with Crippen LogP contribution in [-0.4, -0.2) is 42.7 Å². The second-order valence-electron chi connectivity index (χ2n) is 3.81. The van der Waals surface area contributed by atoms with Crippen LogP contribution in [0.1, 0.15) is 12.8 Å². The van der Waals surface area contributed by atoms with Gasteiger partial charge in [0.2, 0.25) is 5.91 Å². The number of rotatable bonds is 3. The first-order valence-corrected chi connectivity index (χ1v) is 6.34. The van der Waals surface area contributed by atoms with Crippen molar-refractivity contribution in [3.63, 3.8) is 0 Å². The lowest BCUT2D eigenvalue weighted by Gasteiger charge is -2.14. The van der Waals surface area contributed by atoms with Crippen molar-refractivity contribution in [2.24, 2.45) is 0 Å². The Morgan fingerprint density at radius 3 is 2.93 bits per heavy atom. The predicted octanol–water partition coefficient (Wildman–Crippen LogP) is -0.0611. The molecular formula is C9H18ClN3OS. The van der Waals surface area contributed by atoms with Gasteiger partial charge in [-0.2, -0.15) is 0 Å². The summed E-state index contributed by atoms with van der Waals surface area (Å²) in [7, 11) is 0. The molecule has 2 saturated heterocycles. The van der Waals surface area contributed by atoms with Crippen LogP contribution in [0, 0.1) is 0 Å². The van der Waals surface area contributed by atoms with E-state index in [2.05, 4.69) is 16.0 Å². The van der Waals surface area contributed by atoms with E-state index in [9.17, 15) is 4.79 Å². The summed E-state index contributed by atoms with van der Waals surface area (Å²) in [6.07, 6.45) is 2.42. The Bertz CT molecular complexity index is 206. The summed E-state index contributed by atoms with van der Waals surface area (Å²) < 4.78 is 0. The van der Waals surface area contributed by atoms with Gasteiger partial charge in [-0.25, -0.2) is 0 Å². The van der Waals surface area contributed by atoms with Crippen LogP contribution >= 0.6 is 24.2 Å². The highest BCUT2D eigenvalue weighted by Gasteiger charge is 2.23. The Hall–Kier alpha value is 0.0300. The molecule has 4 nitrogen and oxygen atoms in total. The molecule has 2 aliphatic heterocycles. The molecular weight excluding hydrogens is 234 g/mol. The van der Waals surface area contributed by atoms with Crippen molar-refractivity contribution in [2.75, 3.05) is 24.7 Å². The van der Waals surface area contributed by atoms with E-state index in [-0.39, 0.29) is 24.4 Å². The van der Waals surface area contributed by atoms with Crippen LogP contribution in [0.4, 0.5) is 0 Å². The zero-order valence-corrected chi connectivity index (χ0v) is 10.3. The number of hydrogen-bond acceptors (Lipinski definition) is 4. The van der Waals surface area contributed by atoms with Crippen molar-refractivity contribution in [3.05, 3.63) is 0 Å². The van der Waals surface area contributed by atoms with Crippen molar-refractivity contribution in [2.45, 2.75) is 24.9 Å². The summed E-state index contributed by atoms with van der Waals surface area (Å²) in [6, 6.07) is 0.523. The molecule has 2 aliphatic rings. The SMILES string of the molecule is Cl.O=C(NCC1CCCN1)C1CSCN1. The monoisotopic (exact) mass is 251 g/mol. The molecule has 88 valence electrons. The molecule has 0 bridgehead atoms. The van der Waals surface area contributed by atoms with Gasteiger partial charge in [0.25, 0.3) is 0 Å². The molecule has 15 heavy (non-hydrogen) atoms. The normalized spacial score (nSPS) is 29.9. The largest absolute Gasteiger partial charge is 0.353 e. The predicted molar refractivity (Wildman–Crippen MR) is 65.5 cm³/mol. The van der Waals surface area contributed by atoms with Crippen molar-refractivity contribution < 1.29 is 4.79 Å². The molecule has 2 unspecified atom stereocenters. The Balaban J connectivity index is 0.00000112. The fourth-order valence-electron chi connectivity index (χ4n) is 1.84. The molecule has 0 saturated carbocycles. The lowest BCUT2D eigenvalue weighted by Crippen LogP contribution is -2.46. The second-order valence-corrected chi connectivity index (χ2v) is 4.84. The topological polar surface area (TPSA) is 53.2 Å². The van der Waals surface area contributed by atoms with Crippen LogP contribution in [0.5, 0.6) is 0 Å². The number of carbonyl (C=O) groups excluding carboxylic acids is 1. The standard InChI is InChI=1S/C9H17N3OS.ClH/c13-9(8-5-14-6-12-8)11-4-7-2-1-3-10-7;/h7-8,10,12H,1-6H2,(H,11,13);1H. The number of hydrogen-bond donors (Lipinski definition) is 3. The van der Waals surface area contributed by atoms with E-state index in [4.69, 9.17) is 0 Å². The lowest BCUT2D eigenvalue weighted by molar-refractivity contribution is -0.122. The van der Waals surface area contributed by atoms with Gasteiger partial charge in [0, 0.05) is 24.2 Å². The third kappa shape index (κ3) is 3.83. The third-order valence-electron chi connectivity index (χ3n) is 2.72. The number of amides is 1. The molecule has 2 heterocycles. The number of carbonyl (C=O) groups is 1. The van der Waals surface area contributed by atoms with Crippen LogP contribution in [0.25, 0.3) is 0 Å². The van der Waals surface area contributed by atoms with Gasteiger partial charge in [0.05, 0.1) is 6.04 Å². The maximum Gasteiger partial charge on any atom is 0.238 e. The van der Waals surface area contributed by atoms with Crippen molar-refractivity contribution in [1.82, 2.24) is 16.0 Å². The first-order valence-electron chi connectivity index (χ1n) is 5.18. The molecule has 2 atom stereocenters. The van der Waals surface area contributed by atoms with Gasteiger partial charge in [-0.1, -0.05) is 0 Å². The molecule has 0 spiro atoms. The van der Waals surface area contributed by atoms with Crippen molar-refractivity contribution in [3.8, 4) is 0 Å². The van der Waals surface area contributed by atoms with E-state index in [1.807, 2.05) is 0 Å². The zero-order chi connectivity index (χ0) is 9.80. The summed E-state index contributed by atoms with van der Waals surface area (Å²) >= 11 is 1.78. The molecule has 0 aromatic rings. The highest BCUT2D eigenvalue weighted by Crippen LogP contribution is 2.09. The fourth-order valence-corrected chi connectivity index (χ4v) is 2.78. The van der Waals surface area contributed by atoms with Crippen LogP contribution in [0.3, 0.4) is 0 Å². The van der Waals surface area contributed by atoms with E-state index in [0.29, 0.717) is 6.04 Å².